The van der Waals surface area contributed by atoms with Crippen LogP contribution in [0.15, 0.2) is 56.2 Å². The van der Waals surface area contributed by atoms with Crippen molar-refractivity contribution in [1.82, 2.24) is 9.97 Å². The molecule has 0 spiro atoms. The molecule has 2 rings (SSSR count). The number of oxime groups is 1. The SMILES string of the molecule is NC(=NO)c1cccc(Sc2ncccc2Br)n1. The van der Waals surface area contributed by atoms with Crippen molar-refractivity contribution in [3.63, 3.8) is 0 Å². The number of nitrogens with zero attached hydrogens (tertiary/aromatic N) is 3. The predicted octanol–water partition coefficient (Wildman–Crippen LogP) is 2.48. The van der Waals surface area contributed by atoms with Crippen LogP contribution in [0.25, 0.3) is 0 Å². The molecule has 2 aromatic rings. The molecule has 0 aliphatic carbocycles. The molecular weight excluding hydrogens is 316 g/mol. The minimum Gasteiger partial charge on any atom is -0.409 e. The van der Waals surface area contributed by atoms with Gasteiger partial charge in [-0.05, 0) is 52.0 Å². The van der Waals surface area contributed by atoms with Gasteiger partial charge in [0.1, 0.15) is 15.7 Å². The summed E-state index contributed by atoms with van der Waals surface area (Å²) in [7, 11) is 0. The molecule has 0 radical (unpaired) electrons. The smallest absolute Gasteiger partial charge is 0.188 e. The molecule has 5 nitrogen and oxygen atoms in total. The summed E-state index contributed by atoms with van der Waals surface area (Å²) in [5, 5.41) is 13.1. The first-order valence-electron chi connectivity index (χ1n) is 4.94. The van der Waals surface area contributed by atoms with Gasteiger partial charge < -0.3 is 10.9 Å². The second kappa shape index (κ2) is 5.83. The molecule has 0 fully saturated rings. The maximum Gasteiger partial charge on any atom is 0.188 e. The second-order valence-corrected chi connectivity index (χ2v) is 5.10. The van der Waals surface area contributed by atoms with Crippen molar-refractivity contribution in [2.45, 2.75) is 10.1 Å². The van der Waals surface area contributed by atoms with E-state index in [-0.39, 0.29) is 5.84 Å². The lowest BCUT2D eigenvalue weighted by Crippen LogP contribution is -2.14. The Balaban J connectivity index is 2.28. The predicted molar refractivity (Wildman–Crippen MR) is 72.8 cm³/mol. The zero-order valence-electron chi connectivity index (χ0n) is 9.12. The molecule has 2 aromatic heterocycles. The number of hydrogen-bond acceptors (Lipinski definition) is 5. The fourth-order valence-electron chi connectivity index (χ4n) is 1.21. The number of hydrogen-bond donors (Lipinski definition) is 2. The third-order valence-corrected chi connectivity index (χ3v) is 3.88. The number of pyridine rings is 2. The van der Waals surface area contributed by atoms with Gasteiger partial charge in [0, 0.05) is 6.20 Å². The highest BCUT2D eigenvalue weighted by Crippen LogP contribution is 2.30. The third kappa shape index (κ3) is 2.99. The quantitative estimate of drug-likeness (QED) is 0.392. The summed E-state index contributed by atoms with van der Waals surface area (Å²) in [6, 6.07) is 9.04. The van der Waals surface area contributed by atoms with Crippen LogP contribution in [0.1, 0.15) is 5.69 Å². The highest BCUT2D eigenvalue weighted by atomic mass is 79.9. The molecule has 0 saturated heterocycles. The molecule has 0 amide bonds. The number of nitrogens with two attached hydrogens (primary N) is 1. The fourth-order valence-corrected chi connectivity index (χ4v) is 2.48. The minimum absolute atomic E-state index is 0.0162. The summed E-state index contributed by atoms with van der Waals surface area (Å²) in [5.74, 6) is -0.0162. The monoisotopic (exact) mass is 324 g/mol. The van der Waals surface area contributed by atoms with Gasteiger partial charge in [-0.1, -0.05) is 11.2 Å². The van der Waals surface area contributed by atoms with Crippen molar-refractivity contribution >= 4 is 33.5 Å². The van der Waals surface area contributed by atoms with Crippen molar-refractivity contribution in [3.05, 3.63) is 46.7 Å². The maximum atomic E-state index is 8.61. The zero-order chi connectivity index (χ0) is 13.0. The topological polar surface area (TPSA) is 84.4 Å². The van der Waals surface area contributed by atoms with Gasteiger partial charge in [-0.15, -0.1) is 0 Å². The van der Waals surface area contributed by atoms with E-state index in [9.17, 15) is 0 Å². The highest BCUT2D eigenvalue weighted by Gasteiger charge is 2.06. The number of aromatic nitrogens is 2. The molecule has 0 aliphatic rings. The van der Waals surface area contributed by atoms with Crippen LogP contribution >= 0.6 is 27.7 Å². The van der Waals surface area contributed by atoms with Crippen molar-refractivity contribution < 1.29 is 5.21 Å². The minimum atomic E-state index is -0.0162. The first kappa shape index (κ1) is 12.8. The Kier molecular flexibility index (Phi) is 4.16. The van der Waals surface area contributed by atoms with Gasteiger partial charge >= 0.3 is 0 Å². The van der Waals surface area contributed by atoms with Gasteiger partial charge in [0.05, 0.1) is 4.47 Å². The molecule has 0 atom stereocenters. The Labute approximate surface area is 116 Å². The molecule has 0 saturated carbocycles. The Bertz CT molecular complexity index is 591. The molecule has 92 valence electrons. The van der Waals surface area contributed by atoms with Crippen LogP contribution < -0.4 is 5.73 Å². The van der Waals surface area contributed by atoms with Gasteiger partial charge in [0.15, 0.2) is 5.84 Å². The van der Waals surface area contributed by atoms with Crippen LogP contribution in [-0.4, -0.2) is 21.0 Å². The van der Waals surface area contributed by atoms with E-state index in [2.05, 4.69) is 31.1 Å². The first-order valence-corrected chi connectivity index (χ1v) is 6.55. The first-order chi connectivity index (χ1) is 8.70. The van der Waals surface area contributed by atoms with Crippen LogP contribution in [0.3, 0.4) is 0 Å². The van der Waals surface area contributed by atoms with Crippen molar-refractivity contribution in [1.29, 1.82) is 0 Å². The second-order valence-electron chi connectivity index (χ2n) is 3.24. The van der Waals surface area contributed by atoms with Crippen LogP contribution in [-0.2, 0) is 0 Å². The molecule has 0 bridgehead atoms. The Hall–Kier alpha value is -1.60. The Morgan fingerprint density at radius 3 is 2.89 bits per heavy atom. The number of amidine groups is 1. The average Bonchev–Trinajstić information content (AvgIpc) is 2.41. The van der Waals surface area contributed by atoms with Crippen LogP contribution in [0, 0.1) is 0 Å². The molecule has 2 heterocycles. The number of rotatable bonds is 3. The van der Waals surface area contributed by atoms with Crippen molar-refractivity contribution in [3.8, 4) is 0 Å². The summed E-state index contributed by atoms with van der Waals surface area (Å²) in [6.07, 6.45) is 1.71. The maximum absolute atomic E-state index is 8.61. The Morgan fingerprint density at radius 1 is 1.33 bits per heavy atom. The molecule has 0 aliphatic heterocycles. The van der Waals surface area contributed by atoms with Gasteiger partial charge in [0.25, 0.3) is 0 Å². The molecule has 0 unspecified atom stereocenters. The van der Waals surface area contributed by atoms with Gasteiger partial charge in [0.2, 0.25) is 0 Å². The lowest BCUT2D eigenvalue weighted by Gasteiger charge is -2.04. The standard InChI is InChI=1S/C11H9BrN4OS/c12-7-3-2-6-14-11(7)18-9-5-1-4-8(15-9)10(13)16-17/h1-6,17H,(H2,13,16). The molecular formula is C11H9BrN4OS. The van der Waals surface area contributed by atoms with Crippen LogP contribution in [0.4, 0.5) is 0 Å². The van der Waals surface area contributed by atoms with E-state index in [4.69, 9.17) is 10.9 Å². The summed E-state index contributed by atoms with van der Waals surface area (Å²) in [5.41, 5.74) is 5.92. The third-order valence-electron chi connectivity index (χ3n) is 2.02. The van der Waals surface area contributed by atoms with E-state index in [0.29, 0.717) is 5.69 Å². The van der Waals surface area contributed by atoms with Crippen LogP contribution in [0.2, 0.25) is 0 Å². The molecule has 3 N–H and O–H groups in total. The zero-order valence-corrected chi connectivity index (χ0v) is 11.5. The summed E-state index contributed by atoms with van der Waals surface area (Å²) >= 11 is 4.81. The molecule has 18 heavy (non-hydrogen) atoms. The van der Waals surface area contributed by atoms with Gasteiger partial charge in [-0.2, -0.15) is 0 Å². The van der Waals surface area contributed by atoms with Crippen molar-refractivity contribution in [2.24, 2.45) is 10.9 Å². The summed E-state index contributed by atoms with van der Waals surface area (Å²) in [6.45, 7) is 0. The van der Waals surface area contributed by atoms with Gasteiger partial charge in [-0.25, -0.2) is 9.97 Å². The van der Waals surface area contributed by atoms with E-state index in [0.717, 1.165) is 14.5 Å². The molecule has 7 heteroatoms. The average molecular weight is 325 g/mol. The van der Waals surface area contributed by atoms with Gasteiger partial charge in [-0.3, -0.25) is 0 Å². The summed E-state index contributed by atoms with van der Waals surface area (Å²) in [4.78, 5) is 8.50. The van der Waals surface area contributed by atoms with E-state index >= 15 is 0 Å². The normalized spacial score (nSPS) is 11.5. The van der Waals surface area contributed by atoms with Crippen LogP contribution in [0.5, 0.6) is 0 Å². The highest BCUT2D eigenvalue weighted by molar-refractivity contribution is 9.10. The Morgan fingerprint density at radius 2 is 2.17 bits per heavy atom. The number of halogens is 1. The van der Waals surface area contributed by atoms with E-state index in [1.165, 1.54) is 11.8 Å². The van der Waals surface area contributed by atoms with E-state index < -0.39 is 0 Å². The summed E-state index contributed by atoms with van der Waals surface area (Å²) < 4.78 is 0.894. The fraction of sp³-hybridized carbons (Fsp3) is 0. The van der Waals surface area contributed by atoms with E-state index in [1.54, 1.807) is 18.3 Å². The lowest BCUT2D eigenvalue weighted by molar-refractivity contribution is 0.318. The largest absolute Gasteiger partial charge is 0.409 e. The van der Waals surface area contributed by atoms with E-state index in [1.807, 2.05) is 18.2 Å². The molecule has 0 aromatic carbocycles. The van der Waals surface area contributed by atoms with Crippen molar-refractivity contribution in [2.75, 3.05) is 0 Å². The lowest BCUT2D eigenvalue weighted by atomic mass is 10.3.